The molecular formula is C20H26N2O4. The minimum absolute atomic E-state index is 0.0290. The Morgan fingerprint density at radius 1 is 0.962 bits per heavy atom. The predicted octanol–water partition coefficient (Wildman–Crippen LogP) is 3.22. The lowest BCUT2D eigenvalue weighted by Gasteiger charge is -2.15. The molecule has 0 fully saturated rings. The first kappa shape index (κ1) is 19.6. The van der Waals surface area contributed by atoms with Gasteiger partial charge >= 0.3 is 0 Å². The van der Waals surface area contributed by atoms with Crippen molar-refractivity contribution >= 4 is 11.6 Å². The van der Waals surface area contributed by atoms with Crippen LogP contribution in [0.5, 0.6) is 17.2 Å². The molecule has 26 heavy (non-hydrogen) atoms. The van der Waals surface area contributed by atoms with E-state index in [-0.39, 0.29) is 11.9 Å². The number of anilines is 1. The number of amides is 1. The Labute approximate surface area is 154 Å². The van der Waals surface area contributed by atoms with E-state index in [0.29, 0.717) is 30.2 Å². The fourth-order valence-electron chi connectivity index (χ4n) is 2.49. The normalized spacial score (nSPS) is 11.5. The molecule has 140 valence electrons. The Balaban J connectivity index is 1.84. The fourth-order valence-corrected chi connectivity index (χ4v) is 2.49. The van der Waals surface area contributed by atoms with Gasteiger partial charge in [0.2, 0.25) is 5.91 Å². The second-order valence-electron chi connectivity index (χ2n) is 5.95. The first-order valence-corrected chi connectivity index (χ1v) is 8.44. The van der Waals surface area contributed by atoms with Gasteiger partial charge in [-0.3, -0.25) is 4.79 Å². The van der Waals surface area contributed by atoms with Crippen LogP contribution < -0.4 is 24.8 Å². The summed E-state index contributed by atoms with van der Waals surface area (Å²) < 4.78 is 15.6. The Hall–Kier alpha value is -2.73. The monoisotopic (exact) mass is 358 g/mol. The second-order valence-corrected chi connectivity index (χ2v) is 5.95. The third-order valence-electron chi connectivity index (χ3n) is 3.99. The van der Waals surface area contributed by atoms with Gasteiger partial charge in [0.05, 0.1) is 27.0 Å². The number of nitrogens with one attached hydrogen (secondary N) is 2. The molecule has 1 atom stereocenters. The number of rotatable bonds is 9. The molecule has 0 aliphatic carbocycles. The summed E-state index contributed by atoms with van der Waals surface area (Å²) in [6, 6.07) is 13.2. The lowest BCUT2D eigenvalue weighted by atomic mass is 10.1. The van der Waals surface area contributed by atoms with Crippen LogP contribution in [-0.4, -0.2) is 33.3 Å². The largest absolute Gasteiger partial charge is 0.497 e. The Bertz CT molecular complexity index is 716. The van der Waals surface area contributed by atoms with E-state index in [9.17, 15) is 4.79 Å². The Kier molecular flexibility index (Phi) is 7.29. The fraction of sp³-hybridized carbons (Fsp3) is 0.350. The maximum Gasteiger partial charge on any atom is 0.226 e. The lowest BCUT2D eigenvalue weighted by Crippen LogP contribution is -2.30. The van der Waals surface area contributed by atoms with Crippen LogP contribution in [0.2, 0.25) is 0 Å². The van der Waals surface area contributed by atoms with Crippen LogP contribution in [0.4, 0.5) is 5.69 Å². The zero-order valence-electron chi connectivity index (χ0n) is 15.7. The quantitative estimate of drug-likeness (QED) is 0.720. The highest BCUT2D eigenvalue weighted by Gasteiger charge is 2.12. The summed E-state index contributed by atoms with van der Waals surface area (Å²) in [5.74, 6) is 1.99. The molecule has 0 radical (unpaired) electrons. The molecule has 6 nitrogen and oxygen atoms in total. The number of carbonyl (C=O) groups is 1. The first-order chi connectivity index (χ1) is 12.5. The third-order valence-corrected chi connectivity index (χ3v) is 3.99. The van der Waals surface area contributed by atoms with Gasteiger partial charge in [-0.25, -0.2) is 0 Å². The van der Waals surface area contributed by atoms with Gasteiger partial charge in [-0.05, 0) is 36.8 Å². The van der Waals surface area contributed by atoms with Crippen molar-refractivity contribution in [2.75, 3.05) is 26.6 Å². The van der Waals surface area contributed by atoms with Gasteiger partial charge in [-0.1, -0.05) is 12.1 Å². The van der Waals surface area contributed by atoms with Gasteiger partial charge in [-0.15, -0.1) is 0 Å². The average molecular weight is 358 g/mol. The van der Waals surface area contributed by atoms with E-state index >= 15 is 0 Å². The van der Waals surface area contributed by atoms with Crippen molar-refractivity contribution in [3.8, 4) is 17.2 Å². The number of methoxy groups -OCH3 is 3. The van der Waals surface area contributed by atoms with Crippen molar-refractivity contribution in [3.63, 3.8) is 0 Å². The molecule has 2 aromatic carbocycles. The van der Waals surface area contributed by atoms with Gasteiger partial charge in [0, 0.05) is 25.1 Å². The van der Waals surface area contributed by atoms with Crippen LogP contribution in [0, 0.1) is 0 Å². The smallest absolute Gasteiger partial charge is 0.226 e. The van der Waals surface area contributed by atoms with Crippen LogP contribution in [0.25, 0.3) is 0 Å². The summed E-state index contributed by atoms with van der Waals surface area (Å²) in [5, 5.41) is 6.23. The topological polar surface area (TPSA) is 68.8 Å². The van der Waals surface area contributed by atoms with Crippen LogP contribution in [0.3, 0.4) is 0 Å². The lowest BCUT2D eigenvalue weighted by molar-refractivity contribution is -0.116. The van der Waals surface area contributed by atoms with Gasteiger partial charge in [0.1, 0.15) is 17.2 Å². The standard InChI is InChI=1S/C20H26N2O4/c1-14(21-13-15-5-7-16(24-2)8-6-15)11-20(23)22-18-10-9-17(25-3)12-19(18)26-4/h5-10,12,14,21H,11,13H2,1-4H3,(H,22,23). The Morgan fingerprint density at radius 3 is 2.23 bits per heavy atom. The molecule has 0 aromatic heterocycles. The highest BCUT2D eigenvalue weighted by molar-refractivity contribution is 5.92. The molecular weight excluding hydrogens is 332 g/mol. The summed E-state index contributed by atoms with van der Waals surface area (Å²) in [6.45, 7) is 2.67. The average Bonchev–Trinajstić information content (AvgIpc) is 2.67. The van der Waals surface area contributed by atoms with Crippen molar-refractivity contribution in [3.05, 3.63) is 48.0 Å². The molecule has 2 rings (SSSR count). The van der Waals surface area contributed by atoms with E-state index in [1.54, 1.807) is 39.5 Å². The molecule has 0 saturated carbocycles. The van der Waals surface area contributed by atoms with E-state index in [2.05, 4.69) is 10.6 Å². The van der Waals surface area contributed by atoms with Crippen molar-refractivity contribution in [2.45, 2.75) is 25.9 Å². The van der Waals surface area contributed by atoms with E-state index in [1.165, 1.54) is 0 Å². The number of benzene rings is 2. The number of hydrogen-bond acceptors (Lipinski definition) is 5. The van der Waals surface area contributed by atoms with Gasteiger partial charge in [0.15, 0.2) is 0 Å². The molecule has 2 N–H and O–H groups in total. The van der Waals surface area contributed by atoms with Gasteiger partial charge in [-0.2, -0.15) is 0 Å². The molecule has 0 spiro atoms. The molecule has 6 heteroatoms. The van der Waals surface area contributed by atoms with Crippen LogP contribution in [-0.2, 0) is 11.3 Å². The van der Waals surface area contributed by atoms with E-state index in [1.807, 2.05) is 31.2 Å². The summed E-state index contributed by atoms with van der Waals surface area (Å²) in [4.78, 5) is 12.3. The van der Waals surface area contributed by atoms with E-state index in [0.717, 1.165) is 11.3 Å². The van der Waals surface area contributed by atoms with Crippen molar-refractivity contribution in [2.24, 2.45) is 0 Å². The maximum absolute atomic E-state index is 12.3. The van der Waals surface area contributed by atoms with Crippen LogP contribution in [0.15, 0.2) is 42.5 Å². The highest BCUT2D eigenvalue weighted by Crippen LogP contribution is 2.29. The van der Waals surface area contributed by atoms with Crippen LogP contribution >= 0.6 is 0 Å². The predicted molar refractivity (Wildman–Crippen MR) is 102 cm³/mol. The third kappa shape index (κ3) is 5.67. The molecule has 0 bridgehead atoms. The van der Waals surface area contributed by atoms with Crippen molar-refractivity contribution in [1.82, 2.24) is 5.32 Å². The zero-order valence-corrected chi connectivity index (χ0v) is 15.7. The number of ether oxygens (including phenoxy) is 3. The highest BCUT2D eigenvalue weighted by atomic mass is 16.5. The molecule has 0 heterocycles. The summed E-state index contributed by atoms with van der Waals surface area (Å²) >= 11 is 0. The molecule has 0 aliphatic heterocycles. The molecule has 0 aliphatic rings. The first-order valence-electron chi connectivity index (χ1n) is 8.44. The van der Waals surface area contributed by atoms with Gasteiger partial charge < -0.3 is 24.8 Å². The summed E-state index contributed by atoms with van der Waals surface area (Å²) in [5.41, 5.74) is 1.76. The molecule has 1 unspecified atom stereocenters. The van der Waals surface area contributed by atoms with Crippen molar-refractivity contribution < 1.29 is 19.0 Å². The summed E-state index contributed by atoms with van der Waals surface area (Å²) in [6.07, 6.45) is 0.353. The molecule has 0 saturated heterocycles. The molecule has 2 aromatic rings. The minimum Gasteiger partial charge on any atom is -0.497 e. The second kappa shape index (κ2) is 9.68. The van der Waals surface area contributed by atoms with Gasteiger partial charge in [0.25, 0.3) is 0 Å². The minimum atomic E-state index is -0.0804. The van der Waals surface area contributed by atoms with Crippen molar-refractivity contribution in [1.29, 1.82) is 0 Å². The zero-order chi connectivity index (χ0) is 18.9. The van der Waals surface area contributed by atoms with E-state index < -0.39 is 0 Å². The molecule has 1 amide bonds. The van der Waals surface area contributed by atoms with E-state index in [4.69, 9.17) is 14.2 Å². The maximum atomic E-state index is 12.3. The Morgan fingerprint density at radius 2 is 1.62 bits per heavy atom. The number of carbonyl (C=O) groups excluding carboxylic acids is 1. The summed E-state index contributed by atoms with van der Waals surface area (Å²) in [7, 11) is 4.79. The SMILES string of the molecule is COc1ccc(CNC(C)CC(=O)Nc2ccc(OC)cc2OC)cc1. The van der Waals surface area contributed by atoms with Crippen LogP contribution in [0.1, 0.15) is 18.9 Å². The number of hydrogen-bond donors (Lipinski definition) is 2.